The molecule has 2 aliphatic carbocycles. The Balaban J connectivity index is 0.00000136. The number of hydrogen-bond donors (Lipinski definition) is 3. The molecule has 2 fully saturated rings. The summed E-state index contributed by atoms with van der Waals surface area (Å²) in [5.41, 5.74) is 0.456. The monoisotopic (exact) mass is 393 g/mol. The quantitative estimate of drug-likeness (QED) is 0.525. The van der Waals surface area contributed by atoms with E-state index in [4.69, 9.17) is 0 Å². The summed E-state index contributed by atoms with van der Waals surface area (Å²) < 4.78 is 0. The van der Waals surface area contributed by atoms with Crippen molar-refractivity contribution in [3.8, 4) is 0 Å². The van der Waals surface area contributed by atoms with Gasteiger partial charge in [-0.2, -0.15) is 0 Å². The molecule has 5 heteroatoms. The summed E-state index contributed by atoms with van der Waals surface area (Å²) >= 11 is 0. The summed E-state index contributed by atoms with van der Waals surface area (Å²) in [6.07, 6.45) is 10.0. The first-order valence-electron chi connectivity index (χ1n) is 11.1. The number of carbonyl (C=O) groups is 1. The Labute approximate surface area is 170 Å². The molecule has 0 aromatic carbocycles. The zero-order valence-electron chi connectivity index (χ0n) is 17.9. The van der Waals surface area contributed by atoms with E-state index in [1.807, 2.05) is 19.9 Å². The molecular weight excluding hydrogens is 354 g/mol. The topological polar surface area (TPSA) is 81.0 Å². The van der Waals surface area contributed by atoms with Crippen molar-refractivity contribution < 1.29 is 20.1 Å². The lowest BCUT2D eigenvalue weighted by Crippen LogP contribution is -2.69. The number of rotatable bonds is 9. The highest BCUT2D eigenvalue weighted by atomic mass is 16.3. The van der Waals surface area contributed by atoms with Crippen LogP contribution in [-0.2, 0) is 4.79 Å². The van der Waals surface area contributed by atoms with Crippen LogP contribution in [0, 0.1) is 11.3 Å². The summed E-state index contributed by atoms with van der Waals surface area (Å²) in [6, 6.07) is -0.0367. The molecule has 1 aliphatic heterocycles. The number of likely N-dealkylation sites (tertiary alicyclic amines) is 1. The SMILES string of the molecule is CC.CCC12CCN(CC3CC3)[C@H](CC(/C=C\CO)=C1CO)[C@]2(O)CCC=O. The largest absolute Gasteiger partial charge is 0.392 e. The minimum atomic E-state index is -0.996. The molecule has 0 spiro atoms. The van der Waals surface area contributed by atoms with Gasteiger partial charge in [-0.05, 0) is 62.1 Å². The summed E-state index contributed by atoms with van der Waals surface area (Å²) in [4.78, 5) is 13.5. The van der Waals surface area contributed by atoms with E-state index in [0.717, 1.165) is 49.3 Å². The Kier molecular flexibility index (Phi) is 8.44. The van der Waals surface area contributed by atoms with Gasteiger partial charge in [0.05, 0.1) is 18.8 Å². The molecule has 1 heterocycles. The van der Waals surface area contributed by atoms with Crippen molar-refractivity contribution in [2.45, 2.75) is 77.4 Å². The molecule has 2 bridgehead atoms. The van der Waals surface area contributed by atoms with Crippen LogP contribution in [0.4, 0.5) is 0 Å². The van der Waals surface area contributed by atoms with Gasteiger partial charge >= 0.3 is 0 Å². The third-order valence-corrected chi connectivity index (χ3v) is 7.04. The number of aliphatic hydroxyl groups is 3. The maximum absolute atomic E-state index is 12.0. The van der Waals surface area contributed by atoms with Crippen LogP contribution >= 0.6 is 0 Å². The van der Waals surface area contributed by atoms with E-state index in [2.05, 4.69) is 11.8 Å². The van der Waals surface area contributed by atoms with E-state index in [0.29, 0.717) is 19.3 Å². The van der Waals surface area contributed by atoms with E-state index in [9.17, 15) is 20.1 Å². The van der Waals surface area contributed by atoms with Crippen LogP contribution in [-0.4, -0.2) is 64.5 Å². The van der Waals surface area contributed by atoms with Crippen LogP contribution in [0.15, 0.2) is 23.3 Å². The Morgan fingerprint density at radius 2 is 1.96 bits per heavy atom. The van der Waals surface area contributed by atoms with Crippen LogP contribution in [0.5, 0.6) is 0 Å². The second-order valence-corrected chi connectivity index (χ2v) is 8.22. The number of piperidine rings is 1. The third-order valence-electron chi connectivity index (χ3n) is 7.04. The highest BCUT2D eigenvalue weighted by molar-refractivity contribution is 5.50. The standard InChI is InChI=1S/C21H33NO4.C2H6/c1-2-20-9-10-22(14-16-6-7-16)19(21(20,26)8-4-12-24)13-17(5-3-11-23)18(20)15-25;1-2/h3,5,12,16,19,23,25-26H,2,4,6-11,13-15H2,1H3;1-2H3/b5-3-;/t19-,20?,21-;/m1./s1. The van der Waals surface area contributed by atoms with Gasteiger partial charge in [-0.3, -0.25) is 4.90 Å². The lowest BCUT2D eigenvalue weighted by molar-refractivity contribution is -0.175. The second kappa shape index (κ2) is 10.1. The molecule has 3 N–H and O–H groups in total. The fourth-order valence-corrected chi connectivity index (χ4v) is 5.52. The van der Waals surface area contributed by atoms with Crippen LogP contribution in [0.3, 0.4) is 0 Å². The first kappa shape index (κ1) is 23.3. The summed E-state index contributed by atoms with van der Waals surface area (Å²) in [6.45, 7) is 7.90. The number of aldehydes is 1. The summed E-state index contributed by atoms with van der Waals surface area (Å²) in [5, 5.41) is 31.4. The molecule has 0 amide bonds. The van der Waals surface area contributed by atoms with Crippen molar-refractivity contribution >= 4 is 6.29 Å². The molecular formula is C23H39NO4. The first-order valence-corrected chi connectivity index (χ1v) is 11.1. The van der Waals surface area contributed by atoms with E-state index >= 15 is 0 Å². The lowest BCUT2D eigenvalue weighted by atomic mass is 9.52. The minimum Gasteiger partial charge on any atom is -0.392 e. The molecule has 160 valence electrons. The van der Waals surface area contributed by atoms with E-state index in [-0.39, 0.29) is 19.3 Å². The van der Waals surface area contributed by atoms with Gasteiger partial charge in [0.1, 0.15) is 6.29 Å². The maximum atomic E-state index is 12.0. The van der Waals surface area contributed by atoms with Gasteiger partial charge in [0.2, 0.25) is 0 Å². The van der Waals surface area contributed by atoms with Crippen LogP contribution in [0.2, 0.25) is 0 Å². The summed E-state index contributed by atoms with van der Waals surface area (Å²) in [7, 11) is 0. The average molecular weight is 394 g/mol. The number of carbonyl (C=O) groups excluding carboxylic acids is 1. The Hall–Kier alpha value is -1.01. The highest BCUT2D eigenvalue weighted by Crippen LogP contribution is 2.58. The van der Waals surface area contributed by atoms with Crippen molar-refractivity contribution in [2.75, 3.05) is 26.3 Å². The lowest BCUT2D eigenvalue weighted by Gasteiger charge is -2.62. The fourth-order valence-electron chi connectivity index (χ4n) is 5.52. The molecule has 0 aromatic rings. The predicted octanol–water partition coefficient (Wildman–Crippen LogP) is 2.84. The van der Waals surface area contributed by atoms with Gasteiger partial charge in [0.15, 0.2) is 0 Å². The van der Waals surface area contributed by atoms with E-state index in [1.165, 1.54) is 12.8 Å². The normalized spacial score (nSPS) is 33.0. The molecule has 28 heavy (non-hydrogen) atoms. The van der Waals surface area contributed by atoms with Crippen LogP contribution in [0.25, 0.3) is 0 Å². The maximum Gasteiger partial charge on any atom is 0.120 e. The molecule has 3 rings (SSSR count). The zero-order chi connectivity index (χ0) is 20.8. The number of fused-ring (bicyclic) bond motifs is 2. The molecule has 5 nitrogen and oxygen atoms in total. The van der Waals surface area contributed by atoms with Crippen molar-refractivity contribution in [3.05, 3.63) is 23.3 Å². The Morgan fingerprint density at radius 3 is 2.50 bits per heavy atom. The third kappa shape index (κ3) is 4.13. The van der Waals surface area contributed by atoms with Gasteiger partial charge < -0.3 is 20.1 Å². The van der Waals surface area contributed by atoms with Crippen molar-refractivity contribution in [1.29, 1.82) is 0 Å². The smallest absolute Gasteiger partial charge is 0.120 e. The Bertz CT molecular complexity index is 583. The highest BCUT2D eigenvalue weighted by Gasteiger charge is 2.61. The van der Waals surface area contributed by atoms with Gasteiger partial charge in [0, 0.05) is 24.4 Å². The minimum absolute atomic E-state index is 0.0345. The predicted molar refractivity (Wildman–Crippen MR) is 112 cm³/mol. The molecule has 3 atom stereocenters. The van der Waals surface area contributed by atoms with Crippen molar-refractivity contribution in [1.82, 2.24) is 4.90 Å². The van der Waals surface area contributed by atoms with Crippen LogP contribution < -0.4 is 0 Å². The zero-order valence-corrected chi connectivity index (χ0v) is 17.9. The Morgan fingerprint density at radius 1 is 1.25 bits per heavy atom. The average Bonchev–Trinajstić information content (AvgIpc) is 3.53. The molecule has 1 unspecified atom stereocenters. The van der Waals surface area contributed by atoms with Crippen LogP contribution in [0.1, 0.15) is 65.7 Å². The van der Waals surface area contributed by atoms with E-state index in [1.54, 1.807) is 6.08 Å². The van der Waals surface area contributed by atoms with Crippen molar-refractivity contribution in [2.24, 2.45) is 11.3 Å². The van der Waals surface area contributed by atoms with Gasteiger partial charge in [-0.1, -0.05) is 32.9 Å². The second-order valence-electron chi connectivity index (χ2n) is 8.22. The fraction of sp³-hybridized carbons (Fsp3) is 0.783. The number of aliphatic hydroxyl groups excluding tert-OH is 2. The van der Waals surface area contributed by atoms with Gasteiger partial charge in [-0.25, -0.2) is 0 Å². The molecule has 0 radical (unpaired) electrons. The number of hydrogen-bond acceptors (Lipinski definition) is 5. The van der Waals surface area contributed by atoms with Gasteiger partial charge in [-0.15, -0.1) is 0 Å². The number of nitrogens with zero attached hydrogens (tertiary/aromatic N) is 1. The van der Waals surface area contributed by atoms with Crippen molar-refractivity contribution in [3.63, 3.8) is 0 Å². The molecule has 0 aromatic heterocycles. The molecule has 3 aliphatic rings. The molecule has 1 saturated heterocycles. The first-order chi connectivity index (χ1) is 13.6. The van der Waals surface area contributed by atoms with Gasteiger partial charge in [0.25, 0.3) is 0 Å². The summed E-state index contributed by atoms with van der Waals surface area (Å²) in [5.74, 6) is 0.735. The van der Waals surface area contributed by atoms with E-state index < -0.39 is 11.0 Å². The molecule has 1 saturated carbocycles. The number of allylic oxidation sites excluding steroid dienone is 1.